The molecule has 0 spiro atoms. The summed E-state index contributed by atoms with van der Waals surface area (Å²) in [6.07, 6.45) is 0. The van der Waals surface area contributed by atoms with E-state index >= 15 is 0 Å². The van der Waals surface area contributed by atoms with Crippen LogP contribution in [0.1, 0.15) is 5.56 Å². The topological polar surface area (TPSA) is 30.7 Å². The highest BCUT2D eigenvalue weighted by molar-refractivity contribution is 9.10. The van der Waals surface area contributed by atoms with Crippen molar-refractivity contribution in [1.82, 2.24) is 14.8 Å². The lowest BCUT2D eigenvalue weighted by molar-refractivity contribution is 0.822. The first-order chi connectivity index (χ1) is 9.83. The van der Waals surface area contributed by atoms with Crippen LogP contribution in [-0.4, -0.2) is 14.8 Å². The predicted octanol–water partition coefficient (Wildman–Crippen LogP) is 4.32. The molecular formula is C15H12BrN3S. The molecule has 5 heteroatoms. The summed E-state index contributed by atoms with van der Waals surface area (Å²) in [6, 6.07) is 20.3. The molecule has 0 aliphatic rings. The van der Waals surface area contributed by atoms with Crippen LogP contribution in [0.5, 0.6) is 0 Å². The first kappa shape index (κ1) is 13.4. The van der Waals surface area contributed by atoms with Crippen molar-refractivity contribution in [2.45, 2.75) is 10.9 Å². The third-order valence-electron chi connectivity index (χ3n) is 2.76. The molecule has 0 saturated heterocycles. The van der Waals surface area contributed by atoms with Gasteiger partial charge >= 0.3 is 0 Å². The average Bonchev–Trinajstić information content (AvgIpc) is 2.88. The van der Waals surface area contributed by atoms with Gasteiger partial charge in [0.15, 0.2) is 0 Å². The number of para-hydroxylation sites is 1. The Morgan fingerprint density at radius 1 is 0.950 bits per heavy atom. The van der Waals surface area contributed by atoms with Crippen LogP contribution in [0.15, 0.2) is 70.6 Å². The maximum Gasteiger partial charge on any atom is 0.210 e. The third-order valence-corrected chi connectivity index (χ3v) is 4.18. The van der Waals surface area contributed by atoms with Crippen molar-refractivity contribution >= 4 is 27.7 Å². The van der Waals surface area contributed by atoms with Crippen LogP contribution in [0.2, 0.25) is 0 Å². The van der Waals surface area contributed by atoms with Gasteiger partial charge in [-0.2, -0.15) is 4.98 Å². The van der Waals surface area contributed by atoms with Crippen LogP contribution >= 0.6 is 27.7 Å². The Kier molecular flexibility index (Phi) is 4.18. The number of rotatable bonds is 4. The molecular weight excluding hydrogens is 334 g/mol. The molecule has 0 amide bonds. The number of hydrogen-bond donors (Lipinski definition) is 0. The minimum atomic E-state index is 0.722. The molecule has 0 radical (unpaired) electrons. The zero-order valence-electron chi connectivity index (χ0n) is 10.6. The maximum atomic E-state index is 4.52. The van der Waals surface area contributed by atoms with E-state index in [0.717, 1.165) is 21.3 Å². The summed E-state index contributed by atoms with van der Waals surface area (Å²) in [5, 5.41) is 5.28. The lowest BCUT2D eigenvalue weighted by Gasteiger charge is -2.00. The highest BCUT2D eigenvalue weighted by atomic mass is 79.9. The number of nitrogens with zero attached hydrogens (tertiary/aromatic N) is 3. The molecule has 0 fully saturated rings. The van der Waals surface area contributed by atoms with Crippen LogP contribution in [0.4, 0.5) is 0 Å². The van der Waals surface area contributed by atoms with Gasteiger partial charge < -0.3 is 0 Å². The van der Waals surface area contributed by atoms with E-state index in [1.54, 1.807) is 16.4 Å². The Bertz CT molecular complexity index is 683. The van der Waals surface area contributed by atoms with Gasteiger partial charge in [0.1, 0.15) is 0 Å². The van der Waals surface area contributed by atoms with Crippen LogP contribution in [0.3, 0.4) is 0 Å². The molecule has 0 bridgehead atoms. The SMILES string of the molecule is Brc1nc(SCc2ccccc2)nn1-c1ccccc1. The molecule has 0 saturated carbocycles. The second-order valence-electron chi connectivity index (χ2n) is 4.19. The minimum absolute atomic E-state index is 0.722. The molecule has 1 heterocycles. The van der Waals surface area contributed by atoms with Gasteiger partial charge in [0.2, 0.25) is 9.89 Å². The fraction of sp³-hybridized carbons (Fsp3) is 0.0667. The van der Waals surface area contributed by atoms with E-state index in [2.05, 4.69) is 38.1 Å². The van der Waals surface area contributed by atoms with Crippen molar-refractivity contribution < 1.29 is 0 Å². The average molecular weight is 346 g/mol. The van der Waals surface area contributed by atoms with Gasteiger partial charge in [-0.3, -0.25) is 0 Å². The highest BCUT2D eigenvalue weighted by Crippen LogP contribution is 2.23. The smallest absolute Gasteiger partial charge is 0.206 e. The molecule has 0 N–H and O–H groups in total. The molecule has 0 unspecified atom stereocenters. The van der Waals surface area contributed by atoms with Gasteiger partial charge in [0.05, 0.1) is 5.69 Å². The lowest BCUT2D eigenvalue weighted by Crippen LogP contribution is -1.96. The van der Waals surface area contributed by atoms with E-state index in [1.807, 2.05) is 48.5 Å². The van der Waals surface area contributed by atoms with Gasteiger partial charge in [-0.15, -0.1) is 5.10 Å². The fourth-order valence-electron chi connectivity index (χ4n) is 1.79. The van der Waals surface area contributed by atoms with Crippen LogP contribution in [0, 0.1) is 0 Å². The normalized spacial score (nSPS) is 10.7. The summed E-state index contributed by atoms with van der Waals surface area (Å²) in [5.74, 6) is 0.867. The molecule has 3 rings (SSSR count). The van der Waals surface area contributed by atoms with Gasteiger partial charge in [0.25, 0.3) is 0 Å². The second kappa shape index (κ2) is 6.24. The summed E-state index contributed by atoms with van der Waals surface area (Å²) in [4.78, 5) is 4.43. The summed E-state index contributed by atoms with van der Waals surface area (Å²) in [5.41, 5.74) is 2.27. The standard InChI is InChI=1S/C15H12BrN3S/c16-14-17-15(20-11-12-7-3-1-4-8-12)18-19(14)13-9-5-2-6-10-13/h1-10H,11H2. The summed E-state index contributed by atoms with van der Waals surface area (Å²) >= 11 is 5.09. The van der Waals surface area contributed by atoms with E-state index in [1.165, 1.54) is 5.56 Å². The largest absolute Gasteiger partial charge is 0.210 e. The number of halogens is 1. The minimum Gasteiger partial charge on any atom is -0.206 e. The Labute approximate surface area is 130 Å². The molecule has 0 aliphatic heterocycles. The van der Waals surface area contributed by atoms with Gasteiger partial charge in [-0.05, 0) is 33.6 Å². The quantitative estimate of drug-likeness (QED) is 0.659. The number of aromatic nitrogens is 3. The molecule has 0 atom stereocenters. The van der Waals surface area contributed by atoms with Crippen molar-refractivity contribution in [3.63, 3.8) is 0 Å². The third kappa shape index (κ3) is 3.11. The van der Waals surface area contributed by atoms with E-state index in [0.29, 0.717) is 0 Å². The molecule has 2 aromatic carbocycles. The summed E-state index contributed by atoms with van der Waals surface area (Å²) < 4.78 is 2.52. The Morgan fingerprint density at radius 3 is 2.30 bits per heavy atom. The van der Waals surface area contributed by atoms with Gasteiger partial charge in [-0.25, -0.2) is 4.68 Å². The molecule has 3 aromatic rings. The fourth-order valence-corrected chi connectivity index (χ4v) is 3.14. The predicted molar refractivity (Wildman–Crippen MR) is 85.1 cm³/mol. The number of hydrogen-bond acceptors (Lipinski definition) is 3. The zero-order valence-corrected chi connectivity index (χ0v) is 13.0. The van der Waals surface area contributed by atoms with Gasteiger partial charge in [0, 0.05) is 5.75 Å². The van der Waals surface area contributed by atoms with Crippen molar-refractivity contribution in [2.24, 2.45) is 0 Å². The van der Waals surface area contributed by atoms with Crippen molar-refractivity contribution in [1.29, 1.82) is 0 Å². The maximum absolute atomic E-state index is 4.52. The van der Waals surface area contributed by atoms with E-state index in [4.69, 9.17) is 0 Å². The summed E-state index contributed by atoms with van der Waals surface area (Å²) in [6.45, 7) is 0. The Hall–Kier alpha value is -1.59. The Balaban J connectivity index is 1.76. The first-order valence-corrected chi connectivity index (χ1v) is 7.95. The second-order valence-corrected chi connectivity index (χ2v) is 5.84. The van der Waals surface area contributed by atoms with Crippen LogP contribution < -0.4 is 0 Å². The molecule has 0 aliphatic carbocycles. The Morgan fingerprint density at radius 2 is 1.60 bits per heavy atom. The summed E-state index contributed by atoms with van der Waals surface area (Å²) in [7, 11) is 0. The first-order valence-electron chi connectivity index (χ1n) is 6.17. The van der Waals surface area contributed by atoms with E-state index < -0.39 is 0 Å². The molecule has 20 heavy (non-hydrogen) atoms. The van der Waals surface area contributed by atoms with Crippen molar-refractivity contribution in [3.8, 4) is 5.69 Å². The van der Waals surface area contributed by atoms with E-state index in [9.17, 15) is 0 Å². The number of thioether (sulfide) groups is 1. The van der Waals surface area contributed by atoms with E-state index in [-0.39, 0.29) is 0 Å². The lowest BCUT2D eigenvalue weighted by atomic mass is 10.2. The molecule has 3 nitrogen and oxygen atoms in total. The highest BCUT2D eigenvalue weighted by Gasteiger charge is 2.09. The van der Waals surface area contributed by atoms with Crippen LogP contribution in [-0.2, 0) is 5.75 Å². The van der Waals surface area contributed by atoms with Crippen molar-refractivity contribution in [2.75, 3.05) is 0 Å². The van der Waals surface area contributed by atoms with Crippen molar-refractivity contribution in [3.05, 3.63) is 71.0 Å². The molecule has 100 valence electrons. The number of benzene rings is 2. The monoisotopic (exact) mass is 345 g/mol. The van der Waals surface area contributed by atoms with Crippen LogP contribution in [0.25, 0.3) is 5.69 Å². The zero-order chi connectivity index (χ0) is 13.8. The van der Waals surface area contributed by atoms with Gasteiger partial charge in [-0.1, -0.05) is 60.3 Å². The molecule has 1 aromatic heterocycles.